The Morgan fingerprint density at radius 1 is 1.32 bits per heavy atom. The lowest BCUT2D eigenvalue weighted by Crippen LogP contribution is -2.35. The van der Waals surface area contributed by atoms with E-state index in [1.54, 1.807) is 11.1 Å². The molecule has 2 atom stereocenters. The largest absolute Gasteiger partial charge is 0.444 e. The van der Waals surface area contributed by atoms with Gasteiger partial charge in [-0.1, -0.05) is 12.2 Å². The first-order chi connectivity index (χ1) is 8.88. The molecule has 0 spiro atoms. The van der Waals surface area contributed by atoms with Gasteiger partial charge in [-0.05, 0) is 20.8 Å². The average molecular weight is 262 g/mol. The first-order valence-corrected chi connectivity index (χ1v) is 6.21. The van der Waals surface area contributed by atoms with Gasteiger partial charge in [0.15, 0.2) is 0 Å². The van der Waals surface area contributed by atoms with Crippen molar-refractivity contribution in [3.8, 4) is 0 Å². The van der Waals surface area contributed by atoms with Gasteiger partial charge in [0.2, 0.25) is 0 Å². The lowest BCUT2D eigenvalue weighted by molar-refractivity contribution is 0.0195. The summed E-state index contributed by atoms with van der Waals surface area (Å²) in [6.45, 7) is 5.43. The van der Waals surface area contributed by atoms with E-state index < -0.39 is 11.7 Å². The Balaban J connectivity index is 1.94. The Bertz CT molecular complexity index is 577. The molecule has 2 unspecified atom stereocenters. The van der Waals surface area contributed by atoms with Gasteiger partial charge in [-0.2, -0.15) is 0 Å². The number of hydrogen-bond acceptors (Lipinski definition) is 3. The van der Waals surface area contributed by atoms with Gasteiger partial charge >= 0.3 is 6.09 Å². The summed E-state index contributed by atoms with van der Waals surface area (Å²) in [5.74, 6) is -0.372. The van der Waals surface area contributed by atoms with Gasteiger partial charge in [0, 0.05) is 17.3 Å². The molecular weight excluding hydrogens is 247 g/mol. The van der Waals surface area contributed by atoms with Crippen molar-refractivity contribution in [2.24, 2.45) is 0 Å². The predicted octanol–water partition coefficient (Wildman–Crippen LogP) is 3.12. The van der Waals surface area contributed by atoms with E-state index in [-0.39, 0.29) is 17.9 Å². The zero-order valence-electron chi connectivity index (χ0n) is 11.1. The van der Waals surface area contributed by atoms with Crippen LogP contribution >= 0.6 is 0 Å². The summed E-state index contributed by atoms with van der Waals surface area (Å²) in [6.07, 6.45) is 6.09. The van der Waals surface area contributed by atoms with Gasteiger partial charge in [0.05, 0.1) is 18.3 Å². The molecule has 100 valence electrons. The van der Waals surface area contributed by atoms with Gasteiger partial charge in [0.25, 0.3) is 0 Å². The van der Waals surface area contributed by atoms with Crippen molar-refractivity contribution < 1.29 is 13.9 Å². The monoisotopic (exact) mass is 262 g/mol. The van der Waals surface area contributed by atoms with Crippen LogP contribution in [0.3, 0.4) is 0 Å². The summed E-state index contributed by atoms with van der Waals surface area (Å²) in [5, 5.41) is 0. The Hall–Kier alpha value is -1.91. The second kappa shape index (κ2) is 3.79. The molecule has 1 aromatic rings. The van der Waals surface area contributed by atoms with E-state index in [1.807, 2.05) is 32.9 Å². The van der Waals surface area contributed by atoms with Crippen LogP contribution in [-0.4, -0.2) is 21.6 Å². The fraction of sp³-hybridized carbons (Fsp3) is 0.429. The summed E-state index contributed by atoms with van der Waals surface area (Å²) in [7, 11) is 0. The maximum Gasteiger partial charge on any atom is 0.411 e. The van der Waals surface area contributed by atoms with Crippen LogP contribution in [0.4, 0.5) is 9.18 Å². The SMILES string of the molecule is CC(C)(C)OC(=O)N1C2C=CC1c1c(F)cncc12. The standard InChI is InChI=1S/C14H15FN2O2/c1-14(2,3)19-13(18)17-10-4-5-11(17)12-8(10)6-16-7-9(12)15/h4-7,10-11H,1-3H3. The van der Waals surface area contributed by atoms with Crippen LogP contribution in [0.25, 0.3) is 0 Å². The van der Waals surface area contributed by atoms with E-state index in [9.17, 15) is 9.18 Å². The molecule has 1 amide bonds. The van der Waals surface area contributed by atoms with E-state index in [2.05, 4.69) is 4.98 Å². The number of aromatic nitrogens is 1. The number of rotatable bonds is 0. The Labute approximate surface area is 110 Å². The Morgan fingerprint density at radius 2 is 2.00 bits per heavy atom. The average Bonchev–Trinajstić information content (AvgIpc) is 2.83. The van der Waals surface area contributed by atoms with Gasteiger partial charge in [-0.25, -0.2) is 9.18 Å². The smallest absolute Gasteiger partial charge is 0.411 e. The van der Waals surface area contributed by atoms with Crippen LogP contribution in [0.2, 0.25) is 0 Å². The van der Waals surface area contributed by atoms with Crippen LogP contribution in [0.15, 0.2) is 24.5 Å². The molecule has 0 radical (unpaired) electrons. The molecule has 3 rings (SSSR count). The number of amides is 1. The summed E-state index contributed by atoms with van der Waals surface area (Å²) in [6, 6.07) is -0.643. The molecule has 3 heterocycles. The predicted molar refractivity (Wildman–Crippen MR) is 66.9 cm³/mol. The third-order valence-corrected chi connectivity index (χ3v) is 3.26. The second-order valence-electron chi connectivity index (χ2n) is 5.79. The highest BCUT2D eigenvalue weighted by atomic mass is 19.1. The summed E-state index contributed by atoms with van der Waals surface area (Å²) in [4.78, 5) is 17.6. The number of nitrogens with zero attached hydrogens (tertiary/aromatic N) is 2. The fourth-order valence-electron chi connectivity index (χ4n) is 2.61. The molecule has 1 aromatic heterocycles. The minimum absolute atomic E-state index is 0.266. The normalized spacial score (nSPS) is 23.7. The maximum absolute atomic E-state index is 13.8. The van der Waals surface area contributed by atoms with Crippen molar-refractivity contribution in [2.45, 2.75) is 38.5 Å². The minimum Gasteiger partial charge on any atom is -0.444 e. The van der Waals surface area contributed by atoms with Crippen LogP contribution in [0.5, 0.6) is 0 Å². The third kappa shape index (κ3) is 1.80. The lowest BCUT2D eigenvalue weighted by atomic mass is 9.99. The van der Waals surface area contributed by atoms with Crippen LogP contribution in [-0.2, 0) is 4.74 Å². The van der Waals surface area contributed by atoms with Gasteiger partial charge in [0.1, 0.15) is 11.4 Å². The molecule has 0 aliphatic carbocycles. The van der Waals surface area contributed by atoms with Gasteiger partial charge in [-0.15, -0.1) is 0 Å². The van der Waals surface area contributed by atoms with Crippen LogP contribution in [0.1, 0.15) is 44.0 Å². The minimum atomic E-state index is -0.567. The number of carbonyl (C=O) groups excluding carboxylic acids is 1. The number of pyridine rings is 1. The maximum atomic E-state index is 13.8. The van der Waals surface area contributed by atoms with E-state index in [0.29, 0.717) is 5.56 Å². The Morgan fingerprint density at radius 3 is 2.63 bits per heavy atom. The highest BCUT2D eigenvalue weighted by Gasteiger charge is 2.46. The molecule has 0 fully saturated rings. The van der Waals surface area contributed by atoms with E-state index in [1.165, 1.54) is 6.20 Å². The van der Waals surface area contributed by atoms with Crippen LogP contribution in [0, 0.1) is 5.82 Å². The molecule has 2 aliphatic rings. The summed E-state index contributed by atoms with van der Waals surface area (Å²) in [5.41, 5.74) is 0.717. The van der Waals surface area contributed by atoms with Crippen molar-refractivity contribution in [3.63, 3.8) is 0 Å². The zero-order valence-corrected chi connectivity index (χ0v) is 11.1. The van der Waals surface area contributed by atoms with Crippen molar-refractivity contribution in [1.82, 2.24) is 9.88 Å². The highest BCUT2D eigenvalue weighted by Crippen LogP contribution is 2.49. The molecule has 0 saturated heterocycles. The number of carbonyl (C=O) groups is 1. The van der Waals surface area contributed by atoms with Crippen molar-refractivity contribution in [2.75, 3.05) is 0 Å². The number of halogens is 1. The Kier molecular flexibility index (Phi) is 2.42. The number of hydrogen-bond donors (Lipinski definition) is 0. The number of fused-ring (bicyclic) bond motifs is 5. The molecule has 5 heteroatoms. The quantitative estimate of drug-likeness (QED) is 0.675. The fourth-order valence-corrected chi connectivity index (χ4v) is 2.61. The van der Waals surface area contributed by atoms with Gasteiger partial charge < -0.3 is 4.74 Å². The van der Waals surface area contributed by atoms with Crippen LogP contribution < -0.4 is 0 Å². The van der Waals surface area contributed by atoms with E-state index in [4.69, 9.17) is 4.74 Å². The molecule has 2 bridgehead atoms. The second-order valence-corrected chi connectivity index (χ2v) is 5.79. The molecule has 0 saturated carbocycles. The van der Waals surface area contributed by atoms with E-state index >= 15 is 0 Å². The molecule has 0 aromatic carbocycles. The third-order valence-electron chi connectivity index (χ3n) is 3.26. The van der Waals surface area contributed by atoms with Gasteiger partial charge in [-0.3, -0.25) is 9.88 Å². The van der Waals surface area contributed by atoms with Crippen molar-refractivity contribution in [3.05, 3.63) is 41.5 Å². The van der Waals surface area contributed by atoms with E-state index in [0.717, 1.165) is 5.56 Å². The molecular formula is C14H15FN2O2. The van der Waals surface area contributed by atoms with Crippen molar-refractivity contribution in [1.29, 1.82) is 0 Å². The summed E-state index contributed by atoms with van der Waals surface area (Å²) >= 11 is 0. The molecule has 4 nitrogen and oxygen atoms in total. The molecule has 2 aliphatic heterocycles. The highest BCUT2D eigenvalue weighted by molar-refractivity contribution is 5.73. The topological polar surface area (TPSA) is 42.4 Å². The lowest BCUT2D eigenvalue weighted by Gasteiger charge is -2.27. The first kappa shape index (κ1) is 12.1. The number of ether oxygens (including phenoxy) is 1. The van der Waals surface area contributed by atoms with Crippen molar-refractivity contribution >= 4 is 6.09 Å². The first-order valence-electron chi connectivity index (χ1n) is 6.21. The zero-order chi connectivity index (χ0) is 13.8. The summed E-state index contributed by atoms with van der Waals surface area (Å²) < 4.78 is 19.2. The molecule has 0 N–H and O–H groups in total. The molecule has 19 heavy (non-hydrogen) atoms.